The first-order valence-corrected chi connectivity index (χ1v) is 2.34. The van der Waals surface area contributed by atoms with Crippen molar-refractivity contribution < 1.29 is 4.74 Å². The zero-order chi connectivity index (χ0) is 6.41. The van der Waals surface area contributed by atoms with E-state index in [1.165, 1.54) is 7.11 Å². The van der Waals surface area contributed by atoms with Crippen LogP contribution in [0, 0.1) is 11.5 Å². The molecule has 0 aromatic rings. The molecule has 0 amide bonds. The van der Waals surface area contributed by atoms with Crippen LogP contribution >= 0.6 is 0 Å². The Morgan fingerprint density at radius 3 is 2.62 bits per heavy atom. The van der Waals surface area contributed by atoms with Crippen molar-refractivity contribution in [3.05, 3.63) is 0 Å². The van der Waals surface area contributed by atoms with Gasteiger partial charge in [0.15, 0.2) is 5.90 Å². The Hall–Kier alpha value is -1.04. The van der Waals surface area contributed by atoms with Gasteiger partial charge in [0.2, 0.25) is 6.19 Å². The first kappa shape index (κ1) is 6.96. The van der Waals surface area contributed by atoms with Gasteiger partial charge in [-0.05, 0) is 0 Å². The molecule has 0 N–H and O–H groups in total. The van der Waals surface area contributed by atoms with E-state index >= 15 is 0 Å². The average Bonchev–Trinajstić information content (AvgIpc) is 1.83. The molecule has 0 aromatic carbocycles. The van der Waals surface area contributed by atoms with E-state index in [4.69, 9.17) is 5.26 Å². The van der Waals surface area contributed by atoms with E-state index in [1.807, 2.05) is 6.92 Å². The Kier molecular flexibility index (Phi) is 3.59. The van der Waals surface area contributed by atoms with Crippen molar-refractivity contribution in [1.82, 2.24) is 0 Å². The molecule has 0 bridgehead atoms. The number of ether oxygens (including phenoxy) is 1. The number of aliphatic imine (C=N–C) groups is 1. The van der Waals surface area contributed by atoms with Gasteiger partial charge >= 0.3 is 0 Å². The van der Waals surface area contributed by atoms with Crippen LogP contribution in [0.15, 0.2) is 4.99 Å². The molecule has 3 heteroatoms. The molecule has 0 atom stereocenters. The monoisotopic (exact) mass is 112 g/mol. The molecule has 44 valence electrons. The maximum atomic E-state index is 7.98. The van der Waals surface area contributed by atoms with Crippen molar-refractivity contribution in [3.63, 3.8) is 0 Å². The zero-order valence-corrected chi connectivity index (χ0v) is 5.01. The maximum absolute atomic E-state index is 7.98. The summed E-state index contributed by atoms with van der Waals surface area (Å²) in [5, 5.41) is 7.98. The van der Waals surface area contributed by atoms with E-state index < -0.39 is 0 Å². The summed E-state index contributed by atoms with van der Waals surface area (Å²) >= 11 is 0. The molecule has 0 radical (unpaired) electrons. The van der Waals surface area contributed by atoms with Crippen LogP contribution in [-0.4, -0.2) is 13.0 Å². The van der Waals surface area contributed by atoms with Gasteiger partial charge < -0.3 is 4.74 Å². The van der Waals surface area contributed by atoms with Gasteiger partial charge in [-0.25, -0.2) is 0 Å². The van der Waals surface area contributed by atoms with Gasteiger partial charge in [-0.3, -0.25) is 0 Å². The Labute approximate surface area is 48.6 Å². The minimum atomic E-state index is 0.479. The highest BCUT2D eigenvalue weighted by Gasteiger charge is 1.88. The van der Waals surface area contributed by atoms with Crippen LogP contribution < -0.4 is 0 Å². The Bertz CT molecular complexity index is 117. The molecular formula is C5H8N2O. The van der Waals surface area contributed by atoms with Gasteiger partial charge in [-0.15, -0.1) is 4.99 Å². The molecule has 0 spiro atoms. The highest BCUT2D eigenvalue weighted by molar-refractivity contribution is 5.76. The number of hydrogen-bond donors (Lipinski definition) is 0. The maximum Gasteiger partial charge on any atom is 0.208 e. The molecule has 0 heterocycles. The summed E-state index contributed by atoms with van der Waals surface area (Å²) < 4.78 is 4.67. The highest BCUT2D eigenvalue weighted by atomic mass is 16.5. The van der Waals surface area contributed by atoms with Crippen LogP contribution in [-0.2, 0) is 4.74 Å². The Morgan fingerprint density at radius 2 is 2.50 bits per heavy atom. The lowest BCUT2D eigenvalue weighted by molar-refractivity contribution is 0.393. The Balaban J connectivity index is 3.72. The highest BCUT2D eigenvalue weighted by Crippen LogP contribution is 1.83. The summed E-state index contributed by atoms with van der Waals surface area (Å²) in [4.78, 5) is 3.36. The first-order valence-electron chi connectivity index (χ1n) is 2.34. The summed E-state index contributed by atoms with van der Waals surface area (Å²) in [5.74, 6) is 0.479. The number of nitrogens with zero attached hydrogens (tertiary/aromatic N) is 2. The van der Waals surface area contributed by atoms with E-state index in [9.17, 15) is 0 Å². The van der Waals surface area contributed by atoms with Crippen molar-refractivity contribution in [1.29, 1.82) is 5.26 Å². The van der Waals surface area contributed by atoms with E-state index in [0.717, 1.165) is 0 Å². The predicted molar refractivity (Wildman–Crippen MR) is 30.3 cm³/mol. The minimum absolute atomic E-state index is 0.479. The second kappa shape index (κ2) is 4.13. The fraction of sp³-hybridized carbons (Fsp3) is 0.600. The van der Waals surface area contributed by atoms with E-state index in [2.05, 4.69) is 9.73 Å². The molecule has 0 rings (SSSR count). The third-order valence-electron chi connectivity index (χ3n) is 0.713. The standard InChI is InChI=1S/C5H8N2O/c1-3-5(8-2)7-4-6/h3H2,1-2H3/b7-5-. The molecule has 0 unspecified atom stereocenters. The third-order valence-corrected chi connectivity index (χ3v) is 0.713. The molecular weight excluding hydrogens is 104 g/mol. The fourth-order valence-corrected chi connectivity index (χ4v) is 0.325. The van der Waals surface area contributed by atoms with Crippen molar-refractivity contribution in [2.75, 3.05) is 7.11 Å². The lowest BCUT2D eigenvalue weighted by atomic mass is 10.5. The molecule has 8 heavy (non-hydrogen) atoms. The largest absolute Gasteiger partial charge is 0.484 e. The molecule has 0 fully saturated rings. The summed E-state index contributed by atoms with van der Waals surface area (Å²) in [7, 11) is 1.50. The van der Waals surface area contributed by atoms with Crippen LogP contribution in [0.5, 0.6) is 0 Å². The van der Waals surface area contributed by atoms with Gasteiger partial charge in [0, 0.05) is 6.42 Å². The van der Waals surface area contributed by atoms with Gasteiger partial charge in [0.25, 0.3) is 0 Å². The number of hydrogen-bond acceptors (Lipinski definition) is 3. The summed E-state index contributed by atoms with van der Waals surface area (Å²) in [6.07, 6.45) is 2.30. The van der Waals surface area contributed by atoms with Crippen molar-refractivity contribution in [2.24, 2.45) is 4.99 Å². The van der Waals surface area contributed by atoms with Gasteiger partial charge in [0.05, 0.1) is 7.11 Å². The van der Waals surface area contributed by atoms with E-state index in [0.29, 0.717) is 12.3 Å². The minimum Gasteiger partial charge on any atom is -0.484 e. The zero-order valence-electron chi connectivity index (χ0n) is 5.01. The van der Waals surface area contributed by atoms with Crippen molar-refractivity contribution in [3.8, 4) is 6.19 Å². The predicted octanol–water partition coefficient (Wildman–Crippen LogP) is 0.922. The fourth-order valence-electron chi connectivity index (χ4n) is 0.325. The molecule has 0 aliphatic carbocycles. The van der Waals surface area contributed by atoms with Crippen molar-refractivity contribution >= 4 is 5.90 Å². The topological polar surface area (TPSA) is 45.4 Å². The van der Waals surface area contributed by atoms with Gasteiger partial charge in [-0.2, -0.15) is 5.26 Å². The molecule has 0 aliphatic heterocycles. The van der Waals surface area contributed by atoms with E-state index in [-0.39, 0.29) is 0 Å². The second-order valence-electron chi connectivity index (χ2n) is 1.16. The lowest BCUT2D eigenvalue weighted by Gasteiger charge is -1.94. The second-order valence-corrected chi connectivity index (χ2v) is 1.16. The van der Waals surface area contributed by atoms with Crippen LogP contribution in [0.4, 0.5) is 0 Å². The number of methoxy groups -OCH3 is 1. The molecule has 3 nitrogen and oxygen atoms in total. The van der Waals surface area contributed by atoms with Crippen LogP contribution in [0.3, 0.4) is 0 Å². The molecule has 0 saturated heterocycles. The third kappa shape index (κ3) is 2.19. The van der Waals surface area contributed by atoms with Crippen LogP contribution in [0.2, 0.25) is 0 Å². The SMILES string of the molecule is CC/C(=N/C#N)OC. The van der Waals surface area contributed by atoms with Crippen LogP contribution in [0.25, 0.3) is 0 Å². The molecule has 0 aliphatic rings. The molecule has 0 saturated carbocycles. The van der Waals surface area contributed by atoms with Crippen molar-refractivity contribution in [2.45, 2.75) is 13.3 Å². The summed E-state index contributed by atoms with van der Waals surface area (Å²) in [5.41, 5.74) is 0. The first-order chi connectivity index (χ1) is 3.85. The van der Waals surface area contributed by atoms with Gasteiger partial charge in [0.1, 0.15) is 0 Å². The molecule has 0 aromatic heterocycles. The van der Waals surface area contributed by atoms with Crippen LogP contribution in [0.1, 0.15) is 13.3 Å². The Morgan fingerprint density at radius 1 is 1.88 bits per heavy atom. The number of rotatable bonds is 1. The number of nitriles is 1. The summed E-state index contributed by atoms with van der Waals surface area (Å²) in [6.45, 7) is 1.87. The summed E-state index contributed by atoms with van der Waals surface area (Å²) in [6, 6.07) is 0. The lowest BCUT2D eigenvalue weighted by Crippen LogP contribution is -1.96. The normalized spacial score (nSPS) is 10.4. The van der Waals surface area contributed by atoms with E-state index in [1.54, 1.807) is 6.19 Å². The smallest absolute Gasteiger partial charge is 0.208 e. The van der Waals surface area contributed by atoms with Gasteiger partial charge in [-0.1, -0.05) is 6.92 Å². The quantitative estimate of drug-likeness (QED) is 0.287. The average molecular weight is 112 g/mol.